The monoisotopic (exact) mass is 274 g/mol. The van der Waals surface area contributed by atoms with Gasteiger partial charge in [0, 0.05) is 25.8 Å². The van der Waals surface area contributed by atoms with Crippen molar-refractivity contribution < 1.29 is 9.15 Å². The van der Waals surface area contributed by atoms with E-state index in [0.717, 1.165) is 23.6 Å². The van der Waals surface area contributed by atoms with Crippen LogP contribution in [0.2, 0.25) is 0 Å². The zero-order valence-electron chi connectivity index (χ0n) is 12.6. The number of hydrogen-bond acceptors (Lipinski definition) is 4. The van der Waals surface area contributed by atoms with Crippen LogP contribution in [0.1, 0.15) is 22.4 Å². The molecule has 0 spiro atoms. The Morgan fingerprint density at radius 1 is 1.20 bits per heavy atom. The Kier molecular flexibility index (Phi) is 4.93. The molecule has 0 amide bonds. The summed E-state index contributed by atoms with van der Waals surface area (Å²) in [5.41, 5.74) is 5.80. The van der Waals surface area contributed by atoms with Crippen LogP contribution in [-0.4, -0.2) is 25.2 Å². The van der Waals surface area contributed by atoms with Crippen LogP contribution in [0, 0.1) is 20.8 Å². The minimum atomic E-state index is 0.682. The SMILES string of the molecule is COCCNCc1ncoc1-c1c(C)cc(C)cc1C. The van der Waals surface area contributed by atoms with E-state index in [4.69, 9.17) is 9.15 Å². The summed E-state index contributed by atoms with van der Waals surface area (Å²) in [6.45, 7) is 8.50. The van der Waals surface area contributed by atoms with Crippen LogP contribution in [0.4, 0.5) is 0 Å². The van der Waals surface area contributed by atoms with Gasteiger partial charge in [-0.1, -0.05) is 17.7 Å². The number of aromatic nitrogens is 1. The van der Waals surface area contributed by atoms with E-state index >= 15 is 0 Å². The standard InChI is InChI=1S/C16H22N2O2/c1-11-7-12(2)15(13(3)8-11)16-14(18-10-20-16)9-17-5-6-19-4/h7-8,10,17H,5-6,9H2,1-4H3. The molecule has 1 aromatic carbocycles. The molecule has 1 N–H and O–H groups in total. The number of benzene rings is 1. The van der Waals surface area contributed by atoms with E-state index in [9.17, 15) is 0 Å². The Balaban J connectivity index is 2.24. The summed E-state index contributed by atoms with van der Waals surface area (Å²) in [7, 11) is 1.70. The first-order valence-electron chi connectivity index (χ1n) is 6.83. The fraction of sp³-hybridized carbons (Fsp3) is 0.438. The third-order valence-corrected chi connectivity index (χ3v) is 3.32. The Morgan fingerprint density at radius 2 is 1.90 bits per heavy atom. The Labute approximate surface area is 120 Å². The number of rotatable bonds is 6. The molecule has 0 unspecified atom stereocenters. The largest absolute Gasteiger partial charge is 0.443 e. The van der Waals surface area contributed by atoms with E-state index in [0.29, 0.717) is 13.2 Å². The van der Waals surface area contributed by atoms with Crippen LogP contribution in [0.5, 0.6) is 0 Å². The predicted octanol–water partition coefficient (Wildman–Crippen LogP) is 3.00. The molecule has 0 aliphatic rings. The van der Waals surface area contributed by atoms with Crippen LogP contribution < -0.4 is 5.32 Å². The Bertz CT molecular complexity index is 553. The first-order chi connectivity index (χ1) is 9.63. The van der Waals surface area contributed by atoms with E-state index in [1.54, 1.807) is 7.11 Å². The lowest BCUT2D eigenvalue weighted by Crippen LogP contribution is -2.19. The van der Waals surface area contributed by atoms with Crippen molar-refractivity contribution >= 4 is 0 Å². The van der Waals surface area contributed by atoms with Crippen molar-refractivity contribution in [3.63, 3.8) is 0 Å². The van der Waals surface area contributed by atoms with Gasteiger partial charge in [-0.25, -0.2) is 4.98 Å². The van der Waals surface area contributed by atoms with E-state index in [1.807, 2.05) is 0 Å². The minimum absolute atomic E-state index is 0.682. The number of oxazole rings is 1. The van der Waals surface area contributed by atoms with Crippen LogP contribution in [0.25, 0.3) is 11.3 Å². The second kappa shape index (κ2) is 6.68. The molecule has 4 nitrogen and oxygen atoms in total. The van der Waals surface area contributed by atoms with Gasteiger partial charge in [0.25, 0.3) is 0 Å². The molecule has 0 aliphatic carbocycles. The quantitative estimate of drug-likeness (QED) is 0.823. The van der Waals surface area contributed by atoms with Gasteiger partial charge in [-0.15, -0.1) is 0 Å². The summed E-state index contributed by atoms with van der Waals surface area (Å²) in [5, 5.41) is 3.30. The fourth-order valence-electron chi connectivity index (χ4n) is 2.52. The summed E-state index contributed by atoms with van der Waals surface area (Å²) in [6, 6.07) is 4.35. The number of ether oxygens (including phenoxy) is 1. The Hall–Kier alpha value is -1.65. The first-order valence-corrected chi connectivity index (χ1v) is 6.83. The van der Waals surface area contributed by atoms with Gasteiger partial charge in [0.05, 0.1) is 6.61 Å². The van der Waals surface area contributed by atoms with Crippen molar-refractivity contribution in [2.24, 2.45) is 0 Å². The normalized spacial score (nSPS) is 11.0. The van der Waals surface area contributed by atoms with Crippen LogP contribution >= 0.6 is 0 Å². The second-order valence-electron chi connectivity index (χ2n) is 5.07. The molecule has 2 aromatic rings. The van der Waals surface area contributed by atoms with E-state index in [-0.39, 0.29) is 0 Å². The van der Waals surface area contributed by atoms with Crippen LogP contribution in [-0.2, 0) is 11.3 Å². The van der Waals surface area contributed by atoms with Gasteiger partial charge in [0.2, 0.25) is 0 Å². The molecule has 108 valence electrons. The molecule has 2 rings (SSSR count). The number of nitrogens with one attached hydrogen (secondary N) is 1. The summed E-state index contributed by atoms with van der Waals surface area (Å²) in [4.78, 5) is 4.32. The third kappa shape index (κ3) is 3.26. The lowest BCUT2D eigenvalue weighted by atomic mass is 9.97. The molecule has 0 radical (unpaired) electrons. The maximum Gasteiger partial charge on any atom is 0.181 e. The highest BCUT2D eigenvalue weighted by Gasteiger charge is 2.15. The van der Waals surface area contributed by atoms with Gasteiger partial charge < -0.3 is 14.5 Å². The molecule has 0 saturated carbocycles. The molecule has 1 aromatic heterocycles. The molecular formula is C16H22N2O2. The average Bonchev–Trinajstić information content (AvgIpc) is 2.82. The topological polar surface area (TPSA) is 47.3 Å². The predicted molar refractivity (Wildman–Crippen MR) is 79.7 cm³/mol. The molecule has 20 heavy (non-hydrogen) atoms. The summed E-state index contributed by atoms with van der Waals surface area (Å²) >= 11 is 0. The van der Waals surface area contributed by atoms with Crippen molar-refractivity contribution in [3.05, 3.63) is 40.9 Å². The summed E-state index contributed by atoms with van der Waals surface area (Å²) < 4.78 is 10.6. The molecule has 0 bridgehead atoms. The molecule has 1 heterocycles. The van der Waals surface area contributed by atoms with Crippen molar-refractivity contribution in [3.8, 4) is 11.3 Å². The van der Waals surface area contributed by atoms with Gasteiger partial charge in [-0.05, 0) is 31.9 Å². The van der Waals surface area contributed by atoms with Crippen molar-refractivity contribution in [1.82, 2.24) is 10.3 Å². The van der Waals surface area contributed by atoms with Gasteiger partial charge in [0.15, 0.2) is 12.2 Å². The number of nitrogens with zero attached hydrogens (tertiary/aromatic N) is 1. The van der Waals surface area contributed by atoms with E-state index in [1.165, 1.54) is 23.1 Å². The maximum atomic E-state index is 5.63. The number of methoxy groups -OCH3 is 1. The van der Waals surface area contributed by atoms with Crippen molar-refractivity contribution in [2.75, 3.05) is 20.3 Å². The zero-order valence-corrected chi connectivity index (χ0v) is 12.6. The second-order valence-corrected chi connectivity index (χ2v) is 5.07. The van der Waals surface area contributed by atoms with E-state index < -0.39 is 0 Å². The smallest absolute Gasteiger partial charge is 0.181 e. The van der Waals surface area contributed by atoms with Crippen molar-refractivity contribution in [1.29, 1.82) is 0 Å². The van der Waals surface area contributed by atoms with E-state index in [2.05, 4.69) is 43.2 Å². The first kappa shape index (κ1) is 14.8. The molecule has 0 atom stereocenters. The summed E-state index contributed by atoms with van der Waals surface area (Å²) in [6.07, 6.45) is 1.52. The summed E-state index contributed by atoms with van der Waals surface area (Å²) in [5.74, 6) is 0.866. The highest BCUT2D eigenvalue weighted by molar-refractivity contribution is 5.68. The minimum Gasteiger partial charge on any atom is -0.443 e. The molecule has 4 heteroatoms. The van der Waals surface area contributed by atoms with Gasteiger partial charge in [0.1, 0.15) is 5.69 Å². The molecule has 0 saturated heterocycles. The van der Waals surface area contributed by atoms with Gasteiger partial charge >= 0.3 is 0 Å². The fourth-order valence-corrected chi connectivity index (χ4v) is 2.52. The molecular weight excluding hydrogens is 252 g/mol. The lowest BCUT2D eigenvalue weighted by molar-refractivity contribution is 0.199. The highest BCUT2D eigenvalue weighted by atomic mass is 16.5. The van der Waals surface area contributed by atoms with Gasteiger partial charge in [-0.2, -0.15) is 0 Å². The highest BCUT2D eigenvalue weighted by Crippen LogP contribution is 2.30. The Morgan fingerprint density at radius 3 is 2.55 bits per heavy atom. The van der Waals surface area contributed by atoms with Crippen molar-refractivity contribution in [2.45, 2.75) is 27.3 Å². The van der Waals surface area contributed by atoms with Crippen LogP contribution in [0.15, 0.2) is 22.9 Å². The van der Waals surface area contributed by atoms with Crippen LogP contribution in [0.3, 0.4) is 0 Å². The zero-order chi connectivity index (χ0) is 14.5. The average molecular weight is 274 g/mol. The van der Waals surface area contributed by atoms with Gasteiger partial charge in [-0.3, -0.25) is 0 Å². The molecule has 0 fully saturated rings. The number of hydrogen-bond donors (Lipinski definition) is 1. The lowest BCUT2D eigenvalue weighted by Gasteiger charge is -2.10. The maximum absolute atomic E-state index is 5.63. The molecule has 0 aliphatic heterocycles. The number of aryl methyl sites for hydroxylation is 3. The third-order valence-electron chi connectivity index (χ3n) is 3.32.